The van der Waals surface area contributed by atoms with Gasteiger partial charge in [-0.05, 0) is 59.5 Å². The summed E-state index contributed by atoms with van der Waals surface area (Å²) in [6.07, 6.45) is 3.10. The highest BCUT2D eigenvalue weighted by Gasteiger charge is 2.29. The van der Waals surface area contributed by atoms with Crippen LogP contribution in [0, 0.1) is 11.8 Å². The lowest BCUT2D eigenvalue weighted by Crippen LogP contribution is -2.44. The van der Waals surface area contributed by atoms with Crippen molar-refractivity contribution in [3.63, 3.8) is 0 Å². The van der Waals surface area contributed by atoms with E-state index in [0.717, 1.165) is 33.0 Å². The third-order valence-electron chi connectivity index (χ3n) is 4.72. The van der Waals surface area contributed by atoms with Gasteiger partial charge in [-0.3, -0.25) is 9.59 Å². The summed E-state index contributed by atoms with van der Waals surface area (Å²) >= 11 is 0. The molecule has 0 unspecified atom stereocenters. The highest BCUT2D eigenvalue weighted by atomic mass is 16.6. The molecule has 0 aromatic heterocycles. The Kier molecular flexibility index (Phi) is 13.3. The van der Waals surface area contributed by atoms with Crippen LogP contribution in [0.1, 0.15) is 46.5 Å². The van der Waals surface area contributed by atoms with Gasteiger partial charge >= 0.3 is 6.09 Å². The molecule has 2 aliphatic rings. The van der Waals surface area contributed by atoms with Gasteiger partial charge in [0.15, 0.2) is 0 Å². The van der Waals surface area contributed by atoms with Crippen LogP contribution in [0.3, 0.4) is 0 Å². The average Bonchev–Trinajstić information content (AvgIpc) is 2.74. The van der Waals surface area contributed by atoms with Gasteiger partial charge in [0, 0.05) is 46.1 Å². The highest BCUT2D eigenvalue weighted by Crippen LogP contribution is 2.19. The lowest BCUT2D eigenvalue weighted by molar-refractivity contribution is -0.126. The topological polar surface area (TPSA) is 120 Å². The van der Waals surface area contributed by atoms with E-state index in [2.05, 4.69) is 16.0 Å². The van der Waals surface area contributed by atoms with Crippen molar-refractivity contribution in [1.82, 2.24) is 20.9 Å². The van der Waals surface area contributed by atoms with E-state index >= 15 is 0 Å². The van der Waals surface area contributed by atoms with Crippen LogP contribution in [0.25, 0.3) is 0 Å². The SMILES string of the molecule is CNC(=O)C1CCN(C(=O)OC(C)(C)C)CC1.CNC(=O)C1CCNCC1.CO. The first-order chi connectivity index (χ1) is 13.7. The lowest BCUT2D eigenvalue weighted by atomic mass is 9.96. The van der Waals surface area contributed by atoms with Gasteiger partial charge in [0.05, 0.1) is 0 Å². The van der Waals surface area contributed by atoms with E-state index in [1.54, 1.807) is 19.0 Å². The van der Waals surface area contributed by atoms with Crippen molar-refractivity contribution in [3.05, 3.63) is 0 Å². The summed E-state index contributed by atoms with van der Waals surface area (Å²) in [5, 5.41) is 15.5. The maximum Gasteiger partial charge on any atom is 0.410 e. The molecular weight excluding hydrogens is 376 g/mol. The zero-order valence-corrected chi connectivity index (χ0v) is 18.8. The molecule has 2 rings (SSSR count). The quantitative estimate of drug-likeness (QED) is 0.527. The van der Waals surface area contributed by atoms with E-state index in [4.69, 9.17) is 9.84 Å². The van der Waals surface area contributed by atoms with Crippen molar-refractivity contribution in [1.29, 1.82) is 0 Å². The van der Waals surface area contributed by atoms with E-state index in [9.17, 15) is 14.4 Å². The number of hydrogen-bond acceptors (Lipinski definition) is 6. The second-order valence-corrected chi connectivity index (χ2v) is 7.99. The minimum absolute atomic E-state index is 0.0266. The first kappa shape index (κ1) is 27.1. The number of carbonyl (C=O) groups excluding carboxylic acids is 3. The Balaban J connectivity index is 0.000000554. The van der Waals surface area contributed by atoms with Gasteiger partial charge in [-0.15, -0.1) is 0 Å². The molecule has 2 heterocycles. The fourth-order valence-electron chi connectivity index (χ4n) is 3.14. The smallest absolute Gasteiger partial charge is 0.410 e. The molecule has 0 aliphatic carbocycles. The number of aliphatic hydroxyl groups excluding tert-OH is 1. The molecule has 3 amide bonds. The van der Waals surface area contributed by atoms with Crippen molar-refractivity contribution in [3.8, 4) is 0 Å². The number of aliphatic hydroxyl groups is 1. The van der Waals surface area contributed by atoms with Gasteiger partial charge in [-0.25, -0.2) is 4.79 Å². The fraction of sp³-hybridized carbons (Fsp3) is 0.850. The Morgan fingerprint density at radius 2 is 1.31 bits per heavy atom. The molecule has 0 aromatic rings. The monoisotopic (exact) mass is 416 g/mol. The largest absolute Gasteiger partial charge is 0.444 e. The van der Waals surface area contributed by atoms with Crippen molar-refractivity contribution < 1.29 is 24.2 Å². The van der Waals surface area contributed by atoms with Crippen molar-refractivity contribution in [2.75, 3.05) is 47.4 Å². The Bertz CT molecular complexity index is 494. The molecule has 0 radical (unpaired) electrons. The van der Waals surface area contributed by atoms with Gasteiger partial charge in [0.1, 0.15) is 5.60 Å². The Morgan fingerprint density at radius 1 is 0.897 bits per heavy atom. The average molecular weight is 417 g/mol. The predicted octanol–water partition coefficient (Wildman–Crippen LogP) is 0.720. The van der Waals surface area contributed by atoms with Gasteiger partial charge < -0.3 is 30.7 Å². The predicted molar refractivity (Wildman–Crippen MR) is 112 cm³/mol. The molecule has 0 aromatic carbocycles. The Morgan fingerprint density at radius 3 is 1.69 bits per heavy atom. The number of hydrogen-bond donors (Lipinski definition) is 4. The molecule has 0 atom stereocenters. The molecule has 9 nitrogen and oxygen atoms in total. The number of piperidine rings is 2. The summed E-state index contributed by atoms with van der Waals surface area (Å²) in [5.74, 6) is 0.542. The van der Waals surface area contributed by atoms with Crippen LogP contribution in [0.2, 0.25) is 0 Å². The number of carbonyl (C=O) groups is 3. The highest BCUT2D eigenvalue weighted by molar-refractivity contribution is 5.79. The van der Waals surface area contributed by atoms with Crippen molar-refractivity contribution in [2.24, 2.45) is 11.8 Å². The van der Waals surface area contributed by atoms with Gasteiger partial charge in [-0.2, -0.15) is 0 Å². The van der Waals surface area contributed by atoms with E-state index in [0.29, 0.717) is 25.9 Å². The summed E-state index contributed by atoms with van der Waals surface area (Å²) in [6.45, 7) is 8.70. The number of ether oxygens (including phenoxy) is 1. The molecule has 2 fully saturated rings. The van der Waals surface area contributed by atoms with E-state index in [1.165, 1.54) is 0 Å². The van der Waals surface area contributed by atoms with Crippen molar-refractivity contribution in [2.45, 2.75) is 52.1 Å². The second-order valence-electron chi connectivity index (χ2n) is 7.99. The molecule has 2 aliphatic heterocycles. The number of nitrogens with zero attached hydrogens (tertiary/aromatic N) is 1. The molecular formula is C20H40N4O5. The number of rotatable bonds is 2. The molecule has 0 saturated carbocycles. The molecule has 0 spiro atoms. The van der Waals surface area contributed by atoms with Gasteiger partial charge in [0.25, 0.3) is 0 Å². The van der Waals surface area contributed by atoms with Crippen molar-refractivity contribution >= 4 is 17.9 Å². The van der Waals surface area contributed by atoms with E-state index < -0.39 is 5.60 Å². The van der Waals surface area contributed by atoms with Crippen LogP contribution in [-0.4, -0.2) is 80.9 Å². The van der Waals surface area contributed by atoms with E-state index in [1.807, 2.05) is 20.8 Å². The Hall–Kier alpha value is -1.87. The molecule has 2 saturated heterocycles. The maximum absolute atomic E-state index is 11.8. The van der Waals surface area contributed by atoms with Crippen LogP contribution < -0.4 is 16.0 Å². The van der Waals surface area contributed by atoms with Gasteiger partial charge in [-0.1, -0.05) is 0 Å². The normalized spacial score (nSPS) is 17.7. The minimum Gasteiger partial charge on any atom is -0.444 e. The standard InChI is InChI=1S/C12H22N2O3.C7H14N2O.CH4O/c1-12(2,3)17-11(16)14-7-5-9(6-8-14)10(15)13-4;1-8-7(10)6-2-4-9-5-3-6;1-2/h9H,5-8H2,1-4H3,(H,13,15);6,9H,2-5H2,1H3,(H,8,10);2H,1H3. The molecule has 170 valence electrons. The number of likely N-dealkylation sites (tertiary alicyclic amines) is 1. The summed E-state index contributed by atoms with van der Waals surface area (Å²) in [6, 6.07) is 0. The number of amides is 3. The van der Waals surface area contributed by atoms with Crippen LogP contribution in [0.15, 0.2) is 0 Å². The zero-order valence-electron chi connectivity index (χ0n) is 18.8. The molecule has 29 heavy (non-hydrogen) atoms. The third kappa shape index (κ3) is 11.0. The van der Waals surface area contributed by atoms with E-state index in [-0.39, 0.29) is 29.7 Å². The summed E-state index contributed by atoms with van der Waals surface area (Å²) in [4.78, 5) is 35.9. The first-order valence-corrected chi connectivity index (χ1v) is 10.2. The van der Waals surface area contributed by atoms with Gasteiger partial charge in [0.2, 0.25) is 11.8 Å². The third-order valence-corrected chi connectivity index (χ3v) is 4.72. The zero-order chi connectivity index (χ0) is 22.4. The lowest BCUT2D eigenvalue weighted by Gasteiger charge is -2.32. The summed E-state index contributed by atoms with van der Waals surface area (Å²) < 4.78 is 5.29. The van der Waals surface area contributed by atoms with Crippen LogP contribution in [-0.2, 0) is 14.3 Å². The molecule has 9 heteroatoms. The van der Waals surface area contributed by atoms with Crippen LogP contribution in [0.4, 0.5) is 4.79 Å². The fourth-order valence-corrected chi connectivity index (χ4v) is 3.14. The van der Waals surface area contributed by atoms with Crippen LogP contribution in [0.5, 0.6) is 0 Å². The minimum atomic E-state index is -0.464. The first-order valence-electron chi connectivity index (χ1n) is 10.2. The summed E-state index contributed by atoms with van der Waals surface area (Å²) in [7, 11) is 4.34. The summed E-state index contributed by atoms with van der Waals surface area (Å²) in [5.41, 5.74) is -0.464. The molecule has 4 N–H and O–H groups in total. The maximum atomic E-state index is 11.8. The Labute approximate surface area is 174 Å². The molecule has 0 bridgehead atoms. The number of nitrogens with one attached hydrogen (secondary N) is 3. The van der Waals surface area contributed by atoms with Crippen LogP contribution >= 0.6 is 0 Å². The second kappa shape index (κ2) is 14.2.